The van der Waals surface area contributed by atoms with E-state index >= 15 is 0 Å². The lowest BCUT2D eigenvalue weighted by Crippen LogP contribution is -2.12. The maximum atomic E-state index is 5.47. The van der Waals surface area contributed by atoms with Gasteiger partial charge in [0, 0.05) is 18.8 Å². The van der Waals surface area contributed by atoms with Crippen molar-refractivity contribution in [3.63, 3.8) is 0 Å². The molecule has 0 bridgehead atoms. The molecule has 0 amide bonds. The average molecular weight is 271 g/mol. The summed E-state index contributed by atoms with van der Waals surface area (Å²) >= 11 is 0. The van der Waals surface area contributed by atoms with Crippen LogP contribution in [-0.4, -0.2) is 21.3 Å². The van der Waals surface area contributed by atoms with E-state index in [1.165, 1.54) is 11.1 Å². The van der Waals surface area contributed by atoms with Gasteiger partial charge in [-0.3, -0.25) is 0 Å². The van der Waals surface area contributed by atoms with E-state index in [1.807, 2.05) is 25.2 Å². The van der Waals surface area contributed by atoms with Gasteiger partial charge in [0.25, 0.3) is 0 Å². The Hall–Kier alpha value is -2.16. The fraction of sp³-hybridized carbons (Fsp3) is 0.294. The molecule has 2 rings (SSSR count). The molecule has 0 aliphatic rings. The Kier molecular flexibility index (Phi) is 4.18. The summed E-state index contributed by atoms with van der Waals surface area (Å²) in [7, 11) is 5.42. The summed E-state index contributed by atoms with van der Waals surface area (Å²) in [4.78, 5) is 2.13. The fourth-order valence-corrected chi connectivity index (χ4v) is 2.27. The van der Waals surface area contributed by atoms with Crippen molar-refractivity contribution >= 4 is 11.4 Å². The molecule has 0 saturated carbocycles. The van der Waals surface area contributed by atoms with Gasteiger partial charge in [-0.1, -0.05) is 12.1 Å². The second-order valence-electron chi connectivity index (χ2n) is 4.89. The standard InChI is InChI=1S/C17H21NO2/c1-12-6-9-17(20-5)16(10-12)18(3)15-11-14(19-4)8-7-13(15)2/h6-11H,1-5H3. The Morgan fingerprint density at radius 2 is 1.60 bits per heavy atom. The Morgan fingerprint density at radius 3 is 2.25 bits per heavy atom. The number of aryl methyl sites for hydroxylation is 2. The molecule has 3 heteroatoms. The predicted molar refractivity (Wildman–Crippen MR) is 83.5 cm³/mol. The lowest BCUT2D eigenvalue weighted by molar-refractivity contribution is 0.414. The smallest absolute Gasteiger partial charge is 0.142 e. The summed E-state index contributed by atoms with van der Waals surface area (Å²) in [6, 6.07) is 12.2. The average Bonchev–Trinajstić information content (AvgIpc) is 2.47. The molecule has 0 atom stereocenters. The zero-order chi connectivity index (χ0) is 14.7. The first-order valence-corrected chi connectivity index (χ1v) is 6.60. The van der Waals surface area contributed by atoms with E-state index in [4.69, 9.17) is 9.47 Å². The largest absolute Gasteiger partial charge is 0.497 e. The van der Waals surface area contributed by atoms with Crippen molar-refractivity contribution in [2.75, 3.05) is 26.2 Å². The molecule has 0 aromatic heterocycles. The molecule has 0 aliphatic heterocycles. The van der Waals surface area contributed by atoms with Crippen LogP contribution >= 0.6 is 0 Å². The van der Waals surface area contributed by atoms with Crippen molar-refractivity contribution in [1.82, 2.24) is 0 Å². The van der Waals surface area contributed by atoms with Crippen LogP contribution in [0.2, 0.25) is 0 Å². The van der Waals surface area contributed by atoms with Crippen LogP contribution in [0.4, 0.5) is 11.4 Å². The van der Waals surface area contributed by atoms with Crippen LogP contribution in [0.5, 0.6) is 11.5 Å². The normalized spacial score (nSPS) is 10.2. The highest BCUT2D eigenvalue weighted by atomic mass is 16.5. The van der Waals surface area contributed by atoms with Gasteiger partial charge in [-0.25, -0.2) is 0 Å². The molecule has 106 valence electrons. The molecule has 0 radical (unpaired) electrons. The second kappa shape index (κ2) is 5.87. The molecule has 2 aromatic rings. The van der Waals surface area contributed by atoms with Gasteiger partial charge in [-0.15, -0.1) is 0 Å². The van der Waals surface area contributed by atoms with Crippen molar-refractivity contribution < 1.29 is 9.47 Å². The van der Waals surface area contributed by atoms with Crippen molar-refractivity contribution in [2.24, 2.45) is 0 Å². The molecule has 20 heavy (non-hydrogen) atoms. The lowest BCUT2D eigenvalue weighted by Gasteiger charge is -2.24. The summed E-state index contributed by atoms with van der Waals surface area (Å²) in [6.45, 7) is 4.17. The number of anilines is 2. The van der Waals surface area contributed by atoms with E-state index in [0.29, 0.717) is 0 Å². The van der Waals surface area contributed by atoms with Crippen LogP contribution in [0.1, 0.15) is 11.1 Å². The van der Waals surface area contributed by atoms with E-state index in [-0.39, 0.29) is 0 Å². The monoisotopic (exact) mass is 271 g/mol. The molecule has 3 nitrogen and oxygen atoms in total. The number of methoxy groups -OCH3 is 2. The highest BCUT2D eigenvalue weighted by molar-refractivity contribution is 5.72. The minimum Gasteiger partial charge on any atom is -0.497 e. The molecule has 0 aliphatic carbocycles. The number of hydrogen-bond donors (Lipinski definition) is 0. The summed E-state index contributed by atoms with van der Waals surface area (Å²) in [5, 5.41) is 0. The Bertz CT molecular complexity index is 608. The van der Waals surface area contributed by atoms with Gasteiger partial charge in [0.05, 0.1) is 19.9 Å². The third kappa shape index (κ3) is 2.72. The van der Waals surface area contributed by atoms with Gasteiger partial charge in [0.2, 0.25) is 0 Å². The molecule has 0 saturated heterocycles. The minimum atomic E-state index is 0.851. The zero-order valence-electron chi connectivity index (χ0n) is 12.7. The molecule has 0 fully saturated rings. The quantitative estimate of drug-likeness (QED) is 0.836. The van der Waals surface area contributed by atoms with Crippen LogP contribution < -0.4 is 14.4 Å². The SMILES string of the molecule is COc1ccc(C)c(N(C)c2cc(C)ccc2OC)c1. The fourth-order valence-electron chi connectivity index (χ4n) is 2.27. The van der Waals surface area contributed by atoms with E-state index < -0.39 is 0 Å². The third-order valence-corrected chi connectivity index (χ3v) is 3.47. The van der Waals surface area contributed by atoms with E-state index in [1.54, 1.807) is 14.2 Å². The number of nitrogens with zero attached hydrogens (tertiary/aromatic N) is 1. The first-order valence-electron chi connectivity index (χ1n) is 6.60. The summed E-state index contributed by atoms with van der Waals surface area (Å²) in [5.74, 6) is 1.71. The van der Waals surface area contributed by atoms with Gasteiger partial charge >= 0.3 is 0 Å². The highest BCUT2D eigenvalue weighted by Crippen LogP contribution is 2.36. The molecular formula is C17H21NO2. The van der Waals surface area contributed by atoms with Crippen molar-refractivity contribution in [2.45, 2.75) is 13.8 Å². The van der Waals surface area contributed by atoms with Gasteiger partial charge in [-0.2, -0.15) is 0 Å². The van der Waals surface area contributed by atoms with Gasteiger partial charge < -0.3 is 14.4 Å². The highest BCUT2D eigenvalue weighted by Gasteiger charge is 2.13. The molecule has 2 aromatic carbocycles. The summed E-state index contributed by atoms with van der Waals surface area (Å²) in [6.07, 6.45) is 0. The molecule has 0 unspecified atom stereocenters. The second-order valence-corrected chi connectivity index (χ2v) is 4.89. The van der Waals surface area contributed by atoms with Crippen LogP contribution in [0.15, 0.2) is 36.4 Å². The molecular weight excluding hydrogens is 250 g/mol. The zero-order valence-corrected chi connectivity index (χ0v) is 12.7. The van der Waals surface area contributed by atoms with Gasteiger partial charge in [-0.05, 0) is 43.2 Å². The van der Waals surface area contributed by atoms with E-state index in [2.05, 4.69) is 36.9 Å². The molecule has 0 spiro atoms. The van der Waals surface area contributed by atoms with Crippen LogP contribution in [0, 0.1) is 13.8 Å². The van der Waals surface area contributed by atoms with Crippen molar-refractivity contribution in [1.29, 1.82) is 0 Å². The Labute approximate surface area is 120 Å². The van der Waals surface area contributed by atoms with E-state index in [0.717, 1.165) is 22.9 Å². The lowest BCUT2D eigenvalue weighted by atomic mass is 10.1. The van der Waals surface area contributed by atoms with Crippen molar-refractivity contribution in [3.05, 3.63) is 47.5 Å². The van der Waals surface area contributed by atoms with Crippen LogP contribution in [-0.2, 0) is 0 Å². The number of rotatable bonds is 4. The van der Waals surface area contributed by atoms with Crippen molar-refractivity contribution in [3.8, 4) is 11.5 Å². The van der Waals surface area contributed by atoms with Crippen LogP contribution in [0.3, 0.4) is 0 Å². The summed E-state index contributed by atoms with van der Waals surface area (Å²) < 4.78 is 10.8. The first-order chi connectivity index (χ1) is 9.56. The summed E-state index contributed by atoms with van der Waals surface area (Å²) in [5.41, 5.74) is 4.54. The van der Waals surface area contributed by atoms with Crippen LogP contribution in [0.25, 0.3) is 0 Å². The minimum absolute atomic E-state index is 0.851. The maximum absolute atomic E-state index is 5.47. The van der Waals surface area contributed by atoms with Gasteiger partial charge in [0.1, 0.15) is 11.5 Å². The number of ether oxygens (including phenoxy) is 2. The Morgan fingerprint density at radius 1 is 0.850 bits per heavy atom. The topological polar surface area (TPSA) is 21.7 Å². The van der Waals surface area contributed by atoms with Gasteiger partial charge in [0.15, 0.2) is 0 Å². The number of benzene rings is 2. The maximum Gasteiger partial charge on any atom is 0.142 e. The number of hydrogen-bond acceptors (Lipinski definition) is 3. The predicted octanol–water partition coefficient (Wildman–Crippen LogP) is 4.09. The molecule has 0 heterocycles. The third-order valence-electron chi connectivity index (χ3n) is 3.47. The molecule has 0 N–H and O–H groups in total. The first kappa shape index (κ1) is 14.3. The van der Waals surface area contributed by atoms with E-state index in [9.17, 15) is 0 Å². The Balaban J connectivity index is 2.50.